The van der Waals surface area contributed by atoms with Gasteiger partial charge in [-0.1, -0.05) is 51.8 Å². The molecule has 330 valence electrons. The van der Waals surface area contributed by atoms with Crippen LogP contribution in [-0.2, 0) is 50.7 Å². The highest BCUT2D eigenvalue weighted by molar-refractivity contribution is 8.13. The number of nitrogens with zero attached hydrogens (tertiary/aromatic N) is 4. The number of fused-ring (bicyclic) bond motifs is 1. The number of amides is 2. The number of hydrogen-bond donors (Lipinski definition) is 10. The van der Waals surface area contributed by atoms with Gasteiger partial charge in [-0.3, -0.25) is 32.5 Å². The Kier molecular flexibility index (Phi) is 18.8. The Morgan fingerprint density at radius 2 is 1.72 bits per heavy atom. The number of nitrogen functional groups attached to an aromatic ring is 1. The molecule has 0 radical (unpaired) electrons. The number of imidazole rings is 1. The fraction of sp³-hybridized carbons (Fsp3) is 0.724. The van der Waals surface area contributed by atoms with Crippen molar-refractivity contribution in [3.63, 3.8) is 0 Å². The van der Waals surface area contributed by atoms with Gasteiger partial charge in [0.25, 0.3) is 0 Å². The molecule has 2 aromatic rings. The van der Waals surface area contributed by atoms with Crippen LogP contribution in [0.4, 0.5) is 5.82 Å². The summed E-state index contributed by atoms with van der Waals surface area (Å²) in [6.45, 7) is 2.42. The standard InChI is InChI=1S/C29H50N7O18P3S/c1-4-5-6-7-17(37)12-20(39)58-11-10-31-19(38)8-9-32-27(42)24(41)29(2,3)14-51-57(48,49)54-56(46,47)50-13-18-23(53-55(43,44)45)22(40)28(52-18)36-16-35-21-25(30)33-15-34-26(21)36/h15-18,22-24,28,37,40-41H,4-14H2,1-3H3,(H,31,38)(H,32,42)(H,46,47)(H,48,49)(H2,30,33,34)(H2,43,44,45)/t17-,18-,22-,23-,24?,28-/m1/s1. The highest BCUT2D eigenvalue weighted by Crippen LogP contribution is 2.61. The molecule has 2 aromatic heterocycles. The normalized spacial score (nSPS) is 21.9. The van der Waals surface area contributed by atoms with Gasteiger partial charge in [0.15, 0.2) is 22.8 Å². The van der Waals surface area contributed by atoms with Gasteiger partial charge in [0, 0.05) is 37.1 Å². The van der Waals surface area contributed by atoms with E-state index in [2.05, 4.69) is 34.4 Å². The molecule has 11 N–H and O–H groups in total. The van der Waals surface area contributed by atoms with Crippen molar-refractivity contribution < 1.29 is 85.6 Å². The second-order valence-corrected chi connectivity index (χ2v) is 19.0. The average molecular weight is 910 g/mol. The molecule has 3 heterocycles. The van der Waals surface area contributed by atoms with Gasteiger partial charge < -0.3 is 56.0 Å². The zero-order chi connectivity index (χ0) is 43.5. The molecule has 0 saturated carbocycles. The van der Waals surface area contributed by atoms with Crippen LogP contribution in [0.1, 0.15) is 65.5 Å². The number of phosphoric ester groups is 3. The number of unbranched alkanes of at least 4 members (excludes halogenated alkanes) is 2. The summed E-state index contributed by atoms with van der Waals surface area (Å²) in [7, 11) is -16.4. The van der Waals surface area contributed by atoms with Crippen LogP contribution in [0.25, 0.3) is 11.2 Å². The van der Waals surface area contributed by atoms with Crippen LogP contribution in [0.2, 0.25) is 0 Å². The predicted molar refractivity (Wildman–Crippen MR) is 202 cm³/mol. The van der Waals surface area contributed by atoms with Crippen LogP contribution < -0.4 is 16.4 Å². The van der Waals surface area contributed by atoms with Crippen LogP contribution in [0, 0.1) is 5.41 Å². The molecule has 1 aliphatic heterocycles. The van der Waals surface area contributed by atoms with Gasteiger partial charge in [-0.2, -0.15) is 4.31 Å². The molecule has 1 fully saturated rings. The van der Waals surface area contributed by atoms with Crippen molar-refractivity contribution in [3.05, 3.63) is 12.7 Å². The van der Waals surface area contributed by atoms with Crippen molar-refractivity contribution in [2.75, 3.05) is 37.8 Å². The molecule has 2 amide bonds. The van der Waals surface area contributed by atoms with E-state index in [-0.39, 0.29) is 53.8 Å². The van der Waals surface area contributed by atoms with Gasteiger partial charge in [0.2, 0.25) is 11.8 Å². The summed E-state index contributed by atoms with van der Waals surface area (Å²) < 4.78 is 62.1. The summed E-state index contributed by atoms with van der Waals surface area (Å²) in [5.41, 5.74) is 4.24. The maximum Gasteiger partial charge on any atom is 0.481 e. The molecule has 3 rings (SSSR count). The molecule has 1 aliphatic rings. The Balaban J connectivity index is 1.45. The highest BCUT2D eigenvalue weighted by atomic mass is 32.2. The van der Waals surface area contributed by atoms with Gasteiger partial charge in [-0.25, -0.2) is 28.6 Å². The number of nitrogens with two attached hydrogens (primary N) is 1. The lowest BCUT2D eigenvalue weighted by Gasteiger charge is -2.30. The third-order valence-corrected chi connectivity index (χ3v) is 12.3. The highest BCUT2D eigenvalue weighted by Gasteiger charge is 2.50. The largest absolute Gasteiger partial charge is 0.481 e. The van der Waals surface area contributed by atoms with Gasteiger partial charge in [-0.15, -0.1) is 0 Å². The third kappa shape index (κ3) is 15.8. The lowest BCUT2D eigenvalue weighted by molar-refractivity contribution is -0.137. The molecule has 0 aliphatic carbocycles. The number of hydrogen-bond acceptors (Lipinski definition) is 19. The summed E-state index contributed by atoms with van der Waals surface area (Å²) in [4.78, 5) is 87.7. The average Bonchev–Trinajstić information content (AvgIpc) is 3.68. The van der Waals surface area contributed by atoms with E-state index in [9.17, 15) is 63.0 Å². The Morgan fingerprint density at radius 1 is 1.03 bits per heavy atom. The van der Waals surface area contributed by atoms with Crippen molar-refractivity contribution in [1.82, 2.24) is 30.2 Å². The number of aromatic nitrogens is 4. The summed E-state index contributed by atoms with van der Waals surface area (Å²) in [5, 5.41) is 36.1. The number of carbonyl (C=O) groups is 3. The number of rotatable bonds is 25. The number of phosphoric acid groups is 3. The molecule has 0 aromatic carbocycles. The van der Waals surface area contributed by atoms with Gasteiger partial charge in [0.05, 0.1) is 25.6 Å². The lowest BCUT2D eigenvalue weighted by Crippen LogP contribution is -2.46. The number of aliphatic hydroxyl groups is 3. The van der Waals surface area contributed by atoms with Crippen LogP contribution in [0.5, 0.6) is 0 Å². The smallest absolute Gasteiger partial charge is 0.393 e. The second kappa shape index (κ2) is 21.9. The van der Waals surface area contributed by atoms with Crippen LogP contribution in [0.15, 0.2) is 12.7 Å². The minimum Gasteiger partial charge on any atom is -0.393 e. The molecule has 25 nitrogen and oxygen atoms in total. The van der Waals surface area contributed by atoms with E-state index in [1.54, 1.807) is 0 Å². The minimum absolute atomic E-state index is 0.0181. The number of ether oxygens (including phenoxy) is 1. The maximum atomic E-state index is 12.7. The molecular weight excluding hydrogens is 859 g/mol. The third-order valence-electron chi connectivity index (χ3n) is 8.31. The molecule has 0 bridgehead atoms. The predicted octanol–water partition coefficient (Wildman–Crippen LogP) is -0.00400. The molecule has 58 heavy (non-hydrogen) atoms. The molecular formula is C29H50N7O18P3S. The van der Waals surface area contributed by atoms with E-state index < -0.39 is 90.7 Å². The van der Waals surface area contributed by atoms with Crippen molar-refractivity contribution in [2.45, 2.75) is 96.0 Å². The van der Waals surface area contributed by atoms with Crippen LogP contribution >= 0.6 is 35.2 Å². The molecule has 3 unspecified atom stereocenters. The van der Waals surface area contributed by atoms with Crippen LogP contribution in [-0.4, -0.2) is 134 Å². The van der Waals surface area contributed by atoms with E-state index >= 15 is 0 Å². The van der Waals surface area contributed by atoms with E-state index in [1.807, 2.05) is 6.92 Å². The Hall–Kier alpha value is -2.48. The Bertz CT molecular complexity index is 1850. The molecule has 0 spiro atoms. The lowest BCUT2D eigenvalue weighted by atomic mass is 9.87. The summed E-state index contributed by atoms with van der Waals surface area (Å²) in [5.74, 6) is -1.23. The quantitative estimate of drug-likeness (QED) is 0.0463. The van der Waals surface area contributed by atoms with E-state index in [0.717, 1.165) is 48.2 Å². The van der Waals surface area contributed by atoms with Gasteiger partial charge >= 0.3 is 23.5 Å². The van der Waals surface area contributed by atoms with Gasteiger partial charge in [-0.05, 0) is 6.42 Å². The van der Waals surface area contributed by atoms with E-state index in [1.165, 1.54) is 13.8 Å². The number of anilines is 1. The molecule has 8 atom stereocenters. The number of nitrogens with one attached hydrogen (secondary N) is 2. The first-order chi connectivity index (χ1) is 26.9. The molecule has 29 heteroatoms. The summed E-state index contributed by atoms with van der Waals surface area (Å²) >= 11 is 0.978. The minimum atomic E-state index is -5.58. The number of aliphatic hydroxyl groups excluding tert-OH is 3. The van der Waals surface area contributed by atoms with E-state index in [4.69, 9.17) is 19.5 Å². The molecule has 1 saturated heterocycles. The summed E-state index contributed by atoms with van der Waals surface area (Å²) in [6, 6.07) is 0. The van der Waals surface area contributed by atoms with Crippen molar-refractivity contribution >= 4 is 69.1 Å². The number of thioether (sulfide) groups is 1. The van der Waals surface area contributed by atoms with Crippen molar-refractivity contribution in [1.29, 1.82) is 0 Å². The van der Waals surface area contributed by atoms with E-state index in [0.29, 0.717) is 6.42 Å². The maximum absolute atomic E-state index is 12.7. The summed E-state index contributed by atoms with van der Waals surface area (Å²) in [6.07, 6.45) is -4.33. The first-order valence-corrected chi connectivity index (χ1v) is 23.2. The van der Waals surface area contributed by atoms with Crippen molar-refractivity contribution in [3.8, 4) is 0 Å². The Labute approximate surface area is 336 Å². The SMILES string of the molecule is CCCCC[C@@H](O)CC(=O)SCCNC(=O)CCNC(=O)C(O)C(C)(C)COP(=O)(O)OP(=O)(O)OC[C@H]1O[C@@H](n2cnc3c(N)ncnc32)[C@H](O)[C@@H]1OP(=O)(O)O. The zero-order valence-corrected chi connectivity index (χ0v) is 35.1. The Morgan fingerprint density at radius 3 is 2.40 bits per heavy atom. The topological polar surface area (TPSA) is 384 Å². The van der Waals surface area contributed by atoms with Gasteiger partial charge in [0.1, 0.15) is 36.3 Å². The zero-order valence-electron chi connectivity index (χ0n) is 31.6. The van der Waals surface area contributed by atoms with Crippen molar-refractivity contribution in [2.24, 2.45) is 5.41 Å². The first-order valence-electron chi connectivity index (χ1n) is 17.7. The number of carbonyl (C=O) groups excluding carboxylic acids is 3. The monoisotopic (exact) mass is 909 g/mol. The second-order valence-electron chi connectivity index (χ2n) is 13.6. The fourth-order valence-corrected chi connectivity index (χ4v) is 8.85. The first kappa shape index (κ1) is 49.9. The van der Waals surface area contributed by atoms with Crippen LogP contribution in [0.3, 0.4) is 0 Å². The fourth-order valence-electron chi connectivity index (χ4n) is 5.28.